The summed E-state index contributed by atoms with van der Waals surface area (Å²) in [6, 6.07) is 16.7. The summed E-state index contributed by atoms with van der Waals surface area (Å²) in [5.41, 5.74) is 0.271. The van der Waals surface area contributed by atoms with Crippen molar-refractivity contribution < 1.29 is 28.4 Å². The monoisotopic (exact) mass is 480 g/mol. The van der Waals surface area contributed by atoms with Crippen LogP contribution in [0.25, 0.3) is 0 Å². The average molecular weight is 480 g/mol. The number of benzene rings is 3. The third kappa shape index (κ3) is 4.38. The molecule has 0 aliphatic carbocycles. The molecule has 0 spiro atoms. The molecule has 0 aliphatic heterocycles. The SMILES string of the molecule is CCc1cccc(CC)c1C(=O)P(=O)(C(=O)c1c(OC)cc(OC)cc1OC)c1ccccc1. The highest BCUT2D eigenvalue weighted by atomic mass is 31.2. The highest BCUT2D eigenvalue weighted by Gasteiger charge is 2.46. The van der Waals surface area contributed by atoms with Crippen LogP contribution in [0.4, 0.5) is 0 Å². The fourth-order valence-electron chi connectivity index (χ4n) is 4.01. The quantitative estimate of drug-likeness (QED) is 0.356. The Morgan fingerprint density at radius 3 is 1.65 bits per heavy atom. The minimum Gasteiger partial charge on any atom is -0.496 e. The lowest BCUT2D eigenvalue weighted by molar-refractivity contribution is 0.103. The number of hydrogen-bond donors (Lipinski definition) is 0. The van der Waals surface area contributed by atoms with Crippen LogP contribution in [0, 0.1) is 0 Å². The molecule has 34 heavy (non-hydrogen) atoms. The van der Waals surface area contributed by atoms with Gasteiger partial charge in [0, 0.05) is 23.0 Å². The molecule has 0 saturated carbocycles. The van der Waals surface area contributed by atoms with E-state index < -0.39 is 18.2 Å². The predicted octanol–water partition coefficient (Wildman–Crippen LogP) is 5.51. The first-order valence-electron chi connectivity index (χ1n) is 11.0. The molecule has 1 atom stereocenters. The molecular weight excluding hydrogens is 451 g/mol. The summed E-state index contributed by atoms with van der Waals surface area (Å²) in [5, 5.41) is 0.165. The molecule has 3 aromatic carbocycles. The van der Waals surface area contributed by atoms with Gasteiger partial charge in [-0.05, 0) is 24.0 Å². The van der Waals surface area contributed by atoms with E-state index in [-0.39, 0.29) is 22.4 Å². The van der Waals surface area contributed by atoms with Crippen molar-refractivity contribution in [3.8, 4) is 17.2 Å². The Kier molecular flexibility index (Phi) is 7.95. The van der Waals surface area contributed by atoms with Gasteiger partial charge in [-0.2, -0.15) is 0 Å². The molecule has 178 valence electrons. The zero-order valence-electron chi connectivity index (χ0n) is 20.1. The zero-order chi connectivity index (χ0) is 24.9. The van der Waals surface area contributed by atoms with Crippen molar-refractivity contribution in [2.75, 3.05) is 21.3 Å². The van der Waals surface area contributed by atoms with Crippen LogP contribution in [0.1, 0.15) is 45.7 Å². The number of carbonyl (C=O) groups is 2. The van der Waals surface area contributed by atoms with E-state index in [0.717, 1.165) is 11.1 Å². The number of aryl methyl sites for hydroxylation is 2. The largest absolute Gasteiger partial charge is 0.496 e. The Morgan fingerprint density at radius 2 is 1.21 bits per heavy atom. The molecule has 0 aliphatic rings. The Balaban J connectivity index is 2.36. The third-order valence-electron chi connectivity index (χ3n) is 5.83. The Bertz CT molecular complexity index is 1200. The van der Waals surface area contributed by atoms with Crippen LogP contribution in [0.3, 0.4) is 0 Å². The Hall–Kier alpha value is -3.37. The molecule has 0 bridgehead atoms. The van der Waals surface area contributed by atoms with Gasteiger partial charge in [0.05, 0.1) is 21.3 Å². The minimum atomic E-state index is -4.36. The van der Waals surface area contributed by atoms with Gasteiger partial charge < -0.3 is 18.8 Å². The summed E-state index contributed by atoms with van der Waals surface area (Å²) in [6.45, 7) is 3.85. The minimum absolute atomic E-state index is 0.0571. The standard InChI is InChI=1S/C27H29O6P/c1-6-18-12-11-13-19(7-2)24(18)26(28)34(30,21-14-9-8-10-15-21)27(29)25-22(32-4)16-20(31-3)17-23(25)33-5/h8-17H,6-7H2,1-5H3. The summed E-state index contributed by atoms with van der Waals surface area (Å²) >= 11 is 0. The predicted molar refractivity (Wildman–Crippen MR) is 134 cm³/mol. The lowest BCUT2D eigenvalue weighted by Gasteiger charge is -2.22. The molecule has 6 nitrogen and oxygen atoms in total. The number of methoxy groups -OCH3 is 3. The number of carbonyl (C=O) groups excluding carboxylic acids is 2. The van der Waals surface area contributed by atoms with Gasteiger partial charge in [-0.25, -0.2) is 0 Å². The summed E-state index contributed by atoms with van der Waals surface area (Å²) in [5.74, 6) is 0.630. The second-order valence-electron chi connectivity index (χ2n) is 7.62. The van der Waals surface area contributed by atoms with Crippen molar-refractivity contribution in [2.24, 2.45) is 0 Å². The van der Waals surface area contributed by atoms with Crippen LogP contribution >= 0.6 is 7.14 Å². The van der Waals surface area contributed by atoms with Crippen LogP contribution in [0.2, 0.25) is 0 Å². The highest BCUT2D eigenvalue weighted by molar-refractivity contribution is 8.01. The molecule has 0 amide bonds. The third-order valence-corrected chi connectivity index (χ3v) is 8.45. The summed E-state index contributed by atoms with van der Waals surface area (Å²) in [4.78, 5) is 28.3. The van der Waals surface area contributed by atoms with Crippen molar-refractivity contribution in [1.29, 1.82) is 0 Å². The van der Waals surface area contributed by atoms with E-state index in [2.05, 4.69) is 0 Å². The Labute approximate surface area is 200 Å². The van der Waals surface area contributed by atoms with Gasteiger partial charge in [0.2, 0.25) is 18.2 Å². The lowest BCUT2D eigenvalue weighted by Crippen LogP contribution is -2.23. The first kappa shape index (κ1) is 25.3. The van der Waals surface area contributed by atoms with E-state index in [1.165, 1.54) is 33.5 Å². The number of ether oxygens (including phenoxy) is 3. The van der Waals surface area contributed by atoms with E-state index in [1.54, 1.807) is 30.3 Å². The van der Waals surface area contributed by atoms with Crippen molar-refractivity contribution >= 4 is 23.5 Å². The molecule has 0 fully saturated rings. The smallest absolute Gasteiger partial charge is 0.249 e. The lowest BCUT2D eigenvalue weighted by atomic mass is 9.98. The first-order chi connectivity index (χ1) is 16.4. The van der Waals surface area contributed by atoms with Gasteiger partial charge in [0.25, 0.3) is 0 Å². The fraction of sp³-hybridized carbons (Fsp3) is 0.259. The average Bonchev–Trinajstić information content (AvgIpc) is 2.90. The van der Waals surface area contributed by atoms with E-state index in [1.807, 2.05) is 32.0 Å². The molecule has 0 radical (unpaired) electrons. The molecule has 3 aromatic rings. The maximum Gasteiger partial charge on any atom is 0.249 e. The van der Waals surface area contributed by atoms with Crippen molar-refractivity contribution in [1.82, 2.24) is 0 Å². The molecule has 0 aromatic heterocycles. The molecule has 0 saturated heterocycles. The van der Waals surface area contributed by atoms with Gasteiger partial charge >= 0.3 is 0 Å². The van der Waals surface area contributed by atoms with Gasteiger partial charge in [0.1, 0.15) is 22.8 Å². The van der Waals surface area contributed by atoms with Gasteiger partial charge in [-0.15, -0.1) is 0 Å². The van der Waals surface area contributed by atoms with Gasteiger partial charge in [0.15, 0.2) is 0 Å². The zero-order valence-corrected chi connectivity index (χ0v) is 21.0. The van der Waals surface area contributed by atoms with Crippen LogP contribution in [0.15, 0.2) is 60.7 Å². The second-order valence-corrected chi connectivity index (χ2v) is 10.2. The van der Waals surface area contributed by atoms with Crippen molar-refractivity contribution in [3.05, 3.63) is 82.9 Å². The number of rotatable bonds is 10. The van der Waals surface area contributed by atoms with Gasteiger partial charge in [-0.1, -0.05) is 62.4 Å². The maximum absolute atomic E-state index is 14.8. The van der Waals surface area contributed by atoms with E-state index in [4.69, 9.17) is 14.2 Å². The normalized spacial score (nSPS) is 12.5. The van der Waals surface area contributed by atoms with Crippen molar-refractivity contribution in [2.45, 2.75) is 26.7 Å². The molecule has 7 heteroatoms. The molecule has 1 unspecified atom stereocenters. The fourth-order valence-corrected chi connectivity index (χ4v) is 6.40. The van der Waals surface area contributed by atoms with Gasteiger partial charge in [-0.3, -0.25) is 9.59 Å². The second kappa shape index (κ2) is 10.7. The maximum atomic E-state index is 14.8. The molecule has 0 heterocycles. The topological polar surface area (TPSA) is 78.9 Å². The summed E-state index contributed by atoms with van der Waals surface area (Å²) in [7, 11) is -0.105. The Morgan fingerprint density at radius 1 is 0.706 bits per heavy atom. The highest BCUT2D eigenvalue weighted by Crippen LogP contribution is 2.54. The number of hydrogen-bond acceptors (Lipinski definition) is 6. The first-order valence-corrected chi connectivity index (χ1v) is 12.7. The molecule has 0 N–H and O–H groups in total. The summed E-state index contributed by atoms with van der Waals surface area (Å²) in [6.07, 6.45) is 1.13. The van der Waals surface area contributed by atoms with E-state index in [0.29, 0.717) is 24.2 Å². The van der Waals surface area contributed by atoms with Crippen LogP contribution in [-0.4, -0.2) is 32.4 Å². The van der Waals surface area contributed by atoms with E-state index in [9.17, 15) is 14.2 Å². The summed E-state index contributed by atoms with van der Waals surface area (Å²) < 4.78 is 31.0. The van der Waals surface area contributed by atoms with E-state index >= 15 is 0 Å². The van der Waals surface area contributed by atoms with Crippen LogP contribution < -0.4 is 19.5 Å². The van der Waals surface area contributed by atoms with Crippen molar-refractivity contribution in [3.63, 3.8) is 0 Å². The van der Waals surface area contributed by atoms with Crippen LogP contribution in [0.5, 0.6) is 17.2 Å². The molecule has 3 rings (SSSR count). The molecular formula is C27H29O6P. The van der Waals surface area contributed by atoms with Crippen LogP contribution in [-0.2, 0) is 17.4 Å².